The minimum absolute atomic E-state index is 0.108. The van der Waals surface area contributed by atoms with Crippen LogP contribution < -0.4 is 24.8 Å². The lowest BCUT2D eigenvalue weighted by molar-refractivity contribution is -0.144. The summed E-state index contributed by atoms with van der Waals surface area (Å²) in [6.07, 6.45) is 9.80. The Kier molecular flexibility index (Phi) is 13.8. The predicted octanol–water partition coefficient (Wildman–Crippen LogP) is 9.18. The van der Waals surface area contributed by atoms with Gasteiger partial charge in [0.2, 0.25) is 5.91 Å². The van der Waals surface area contributed by atoms with E-state index in [0.29, 0.717) is 66.8 Å². The maximum absolute atomic E-state index is 13.1. The number of benzene rings is 3. The largest absolute Gasteiger partial charge is 0.497 e. The van der Waals surface area contributed by atoms with Crippen LogP contribution in [0.5, 0.6) is 17.2 Å². The Morgan fingerprint density at radius 2 is 1.77 bits per heavy atom. The van der Waals surface area contributed by atoms with Gasteiger partial charge in [-0.1, -0.05) is 49.7 Å². The highest BCUT2D eigenvalue weighted by atomic mass is 35.5. The maximum Gasteiger partial charge on any atom is 0.329 e. The van der Waals surface area contributed by atoms with Crippen LogP contribution in [0.25, 0.3) is 0 Å². The second kappa shape index (κ2) is 19.2. The van der Waals surface area contributed by atoms with Gasteiger partial charge in [0.25, 0.3) is 0 Å². The molecule has 61 heavy (non-hydrogen) atoms. The summed E-state index contributed by atoms with van der Waals surface area (Å²) in [6.45, 7) is 5.36. The van der Waals surface area contributed by atoms with Crippen molar-refractivity contribution in [3.8, 4) is 17.2 Å². The monoisotopic (exact) mass is 851 g/mol. The second-order valence-corrected chi connectivity index (χ2v) is 17.9. The van der Waals surface area contributed by atoms with E-state index in [1.165, 1.54) is 16.7 Å². The van der Waals surface area contributed by atoms with Crippen molar-refractivity contribution in [2.45, 2.75) is 114 Å². The molecule has 0 bridgehead atoms. The molecule has 0 saturated heterocycles. The zero-order chi connectivity index (χ0) is 43.1. The molecule has 1 spiro atoms. The number of ether oxygens (including phenoxy) is 3. The fourth-order valence-corrected chi connectivity index (χ4v) is 10.3. The fourth-order valence-electron chi connectivity index (χ4n) is 10.1. The molecule has 1 amide bonds. The number of rotatable bonds is 18. The van der Waals surface area contributed by atoms with E-state index in [9.17, 15) is 24.6 Å². The molecule has 4 N–H and O–H groups in total. The Balaban J connectivity index is 1.03. The average molecular weight is 852 g/mol. The average Bonchev–Trinajstić information content (AvgIpc) is 3.53. The lowest BCUT2D eigenvalue weighted by atomic mass is 9.59. The number of hydrogen-bond acceptors (Lipinski definition) is 8. The molecule has 1 heterocycles. The lowest BCUT2D eigenvalue weighted by Crippen LogP contribution is -2.53. The summed E-state index contributed by atoms with van der Waals surface area (Å²) < 4.78 is 18.1. The van der Waals surface area contributed by atoms with Crippen molar-refractivity contribution in [3.05, 3.63) is 112 Å². The van der Waals surface area contributed by atoms with Crippen LogP contribution in [0.3, 0.4) is 0 Å². The summed E-state index contributed by atoms with van der Waals surface area (Å²) in [5.41, 5.74) is 4.89. The summed E-state index contributed by atoms with van der Waals surface area (Å²) in [5, 5.41) is 27.1. The Labute approximate surface area is 363 Å². The number of amides is 1. The molecule has 324 valence electrons. The first kappa shape index (κ1) is 43.8. The Morgan fingerprint density at radius 1 is 0.967 bits per heavy atom. The number of anilines is 1. The Bertz CT molecular complexity index is 2200. The molecule has 3 aliphatic rings. The number of carboxylic acid groups (broad SMARTS) is 2. The van der Waals surface area contributed by atoms with Crippen LogP contribution >= 0.6 is 11.6 Å². The van der Waals surface area contributed by atoms with E-state index in [2.05, 4.69) is 41.6 Å². The minimum atomic E-state index is -1.14. The number of aromatic nitrogens is 1. The standard InChI is InChI=1S/C49H58ClN3O8/c1-31(30-61-43-17-22-51-41-13-4-8-32(2)45(41)43)24-35-27-34-15-16-39(60-23-7-14-44(54)52-42(46(55)56)26-33-9-5-12-38(25-33)59-3)29-40(34)48(35)18-20-49(21-19-48,47(57)58)53-37-11-6-10-36(50)28-37/h5-6,9-12,15-17,22,25,28-29,31-32,35,42,53H,4,7-8,13-14,18-21,23-24,26-27,30H2,1-3H3,(H,52,54)(H,55,56)(H,57,58)/t31-,32-,35+,42-,48?,49?/m1/s1. The normalized spacial score (nSPS) is 22.6. The second-order valence-electron chi connectivity index (χ2n) is 17.5. The van der Waals surface area contributed by atoms with E-state index in [1.807, 2.05) is 30.5 Å². The van der Waals surface area contributed by atoms with Gasteiger partial charge in [-0.25, -0.2) is 9.59 Å². The quantitative estimate of drug-likeness (QED) is 0.0712. The third-order valence-corrected chi connectivity index (χ3v) is 13.5. The third kappa shape index (κ3) is 10.1. The van der Waals surface area contributed by atoms with Gasteiger partial charge in [0.15, 0.2) is 0 Å². The van der Waals surface area contributed by atoms with Gasteiger partial charge in [-0.3, -0.25) is 9.78 Å². The molecule has 1 saturated carbocycles. The minimum Gasteiger partial charge on any atom is -0.497 e. The summed E-state index contributed by atoms with van der Waals surface area (Å²) in [4.78, 5) is 42.6. The highest BCUT2D eigenvalue weighted by Gasteiger charge is 2.54. The van der Waals surface area contributed by atoms with Crippen molar-refractivity contribution < 1.29 is 38.8 Å². The van der Waals surface area contributed by atoms with Gasteiger partial charge in [0.05, 0.1) is 20.3 Å². The first-order valence-electron chi connectivity index (χ1n) is 21.7. The van der Waals surface area contributed by atoms with E-state index in [1.54, 1.807) is 43.5 Å². The smallest absolute Gasteiger partial charge is 0.329 e. The summed E-state index contributed by atoms with van der Waals surface area (Å²) in [6, 6.07) is 21.6. The van der Waals surface area contributed by atoms with Gasteiger partial charge < -0.3 is 35.1 Å². The molecule has 0 aliphatic heterocycles. The third-order valence-electron chi connectivity index (χ3n) is 13.3. The van der Waals surface area contributed by atoms with E-state index >= 15 is 0 Å². The Hall–Kier alpha value is -5.29. The molecule has 1 fully saturated rings. The Morgan fingerprint density at radius 3 is 2.52 bits per heavy atom. The number of fused-ring (bicyclic) bond motifs is 3. The molecule has 0 radical (unpaired) electrons. The number of carbonyl (C=O) groups is 3. The van der Waals surface area contributed by atoms with Crippen LogP contribution in [0.1, 0.15) is 106 Å². The maximum atomic E-state index is 13.1. The number of aryl methyl sites for hydroxylation is 1. The molecule has 3 aromatic carbocycles. The molecule has 3 aliphatic carbocycles. The van der Waals surface area contributed by atoms with Crippen molar-refractivity contribution >= 4 is 35.1 Å². The summed E-state index contributed by atoms with van der Waals surface area (Å²) in [7, 11) is 1.55. The lowest BCUT2D eigenvalue weighted by Gasteiger charge is -2.47. The van der Waals surface area contributed by atoms with E-state index < -0.39 is 23.5 Å². The van der Waals surface area contributed by atoms with Gasteiger partial charge in [0.1, 0.15) is 28.8 Å². The predicted molar refractivity (Wildman–Crippen MR) is 235 cm³/mol. The summed E-state index contributed by atoms with van der Waals surface area (Å²) >= 11 is 6.30. The van der Waals surface area contributed by atoms with Crippen molar-refractivity contribution in [1.82, 2.24) is 10.3 Å². The molecular weight excluding hydrogens is 794 g/mol. The number of nitrogens with one attached hydrogen (secondary N) is 2. The van der Waals surface area contributed by atoms with Crippen LogP contribution in [0, 0.1) is 11.8 Å². The van der Waals surface area contributed by atoms with E-state index in [4.69, 9.17) is 25.8 Å². The number of carboxylic acids is 2. The number of nitrogens with zero attached hydrogens (tertiary/aromatic N) is 1. The van der Waals surface area contributed by atoms with Crippen molar-refractivity contribution in [2.24, 2.45) is 11.8 Å². The van der Waals surface area contributed by atoms with Crippen LogP contribution in [0.2, 0.25) is 5.02 Å². The highest BCUT2D eigenvalue weighted by molar-refractivity contribution is 6.30. The number of aliphatic carboxylic acids is 2. The zero-order valence-electron chi connectivity index (χ0n) is 35.4. The van der Waals surface area contributed by atoms with Crippen LogP contribution in [-0.2, 0) is 39.1 Å². The van der Waals surface area contributed by atoms with Gasteiger partial charge in [-0.15, -0.1) is 0 Å². The molecule has 4 aromatic rings. The van der Waals surface area contributed by atoms with E-state index in [-0.39, 0.29) is 42.6 Å². The molecular formula is C49H58ClN3O8. The molecule has 0 unspecified atom stereocenters. The van der Waals surface area contributed by atoms with Gasteiger partial charge in [-0.2, -0.15) is 0 Å². The molecule has 4 atom stereocenters. The first-order chi connectivity index (χ1) is 29.4. The van der Waals surface area contributed by atoms with Crippen LogP contribution in [-0.4, -0.2) is 64.9 Å². The number of hydrogen-bond donors (Lipinski definition) is 4. The zero-order valence-corrected chi connectivity index (χ0v) is 36.1. The van der Waals surface area contributed by atoms with Gasteiger partial charge in [-0.05, 0) is 153 Å². The molecule has 7 rings (SSSR count). The topological polar surface area (TPSA) is 156 Å². The molecule has 1 aromatic heterocycles. The fraction of sp³-hybridized carbons (Fsp3) is 0.469. The molecule has 12 heteroatoms. The van der Waals surface area contributed by atoms with Crippen LogP contribution in [0.4, 0.5) is 5.69 Å². The number of methoxy groups -OCH3 is 1. The first-order valence-corrected chi connectivity index (χ1v) is 22.0. The number of carbonyl (C=O) groups excluding carboxylic acids is 1. The number of halogens is 1. The molecule has 11 nitrogen and oxygen atoms in total. The SMILES string of the molecule is COc1cccc(C[C@@H](NC(=O)CCCOc2ccc3c(c2)C2(CCC(Nc4cccc(Cl)c4)(C(=O)O)CC2)[C@@H](C[C@@H](C)COc2ccnc4c2[C@H](C)CCC4)C3)C(=O)O)c1. The summed E-state index contributed by atoms with van der Waals surface area (Å²) in [5.74, 6) is 0.848. The van der Waals surface area contributed by atoms with Crippen molar-refractivity contribution in [3.63, 3.8) is 0 Å². The van der Waals surface area contributed by atoms with Crippen molar-refractivity contribution in [2.75, 3.05) is 25.6 Å². The highest BCUT2D eigenvalue weighted by Crippen LogP contribution is 2.57. The van der Waals surface area contributed by atoms with Gasteiger partial charge >= 0.3 is 11.9 Å². The van der Waals surface area contributed by atoms with Crippen LogP contribution in [0.15, 0.2) is 79.0 Å². The van der Waals surface area contributed by atoms with Gasteiger partial charge in [0, 0.05) is 41.0 Å². The van der Waals surface area contributed by atoms with Crippen molar-refractivity contribution in [1.29, 1.82) is 0 Å². The number of pyridine rings is 1. The van der Waals surface area contributed by atoms with E-state index in [0.717, 1.165) is 49.1 Å².